The van der Waals surface area contributed by atoms with E-state index in [-0.39, 0.29) is 5.54 Å². The molecule has 2 unspecified atom stereocenters. The Bertz CT molecular complexity index is 291. The van der Waals surface area contributed by atoms with Crippen LogP contribution in [0.2, 0.25) is 0 Å². The summed E-state index contributed by atoms with van der Waals surface area (Å²) in [6.45, 7) is 15.1. The fraction of sp³-hybridized carbons (Fsp3) is 1.00. The summed E-state index contributed by atoms with van der Waals surface area (Å²) >= 11 is 0. The van der Waals surface area contributed by atoms with E-state index in [9.17, 15) is 0 Å². The molecule has 1 aliphatic rings. The molecule has 0 aromatic heterocycles. The van der Waals surface area contributed by atoms with Gasteiger partial charge in [0, 0.05) is 17.1 Å². The second-order valence-corrected chi connectivity index (χ2v) is 9.20. The minimum Gasteiger partial charge on any atom is -0.312 e. The first-order valence-electron chi connectivity index (χ1n) is 9.74. The van der Waals surface area contributed by atoms with Crippen molar-refractivity contribution in [3.63, 3.8) is 0 Å². The van der Waals surface area contributed by atoms with Crippen molar-refractivity contribution in [2.75, 3.05) is 6.54 Å². The standard InChI is InChI=1S/C20H42N2/c1-7-8-9-10-14-21-20(5,6)16-17-12-11-13-18(15-17)22-19(2,3)4/h17-18,21-22H,7-16H2,1-6H3. The van der Waals surface area contributed by atoms with Crippen molar-refractivity contribution in [2.45, 2.75) is 116 Å². The molecule has 1 rings (SSSR count). The van der Waals surface area contributed by atoms with Crippen molar-refractivity contribution in [1.82, 2.24) is 10.6 Å². The monoisotopic (exact) mass is 310 g/mol. The van der Waals surface area contributed by atoms with Crippen molar-refractivity contribution in [3.05, 3.63) is 0 Å². The summed E-state index contributed by atoms with van der Waals surface area (Å²) in [5.74, 6) is 0.881. The smallest absolute Gasteiger partial charge is 0.0127 e. The average molecular weight is 311 g/mol. The molecule has 1 aliphatic carbocycles. The van der Waals surface area contributed by atoms with Gasteiger partial charge in [0.2, 0.25) is 0 Å². The zero-order valence-electron chi connectivity index (χ0n) is 16.2. The molecule has 0 heterocycles. The Labute approximate surface area is 140 Å². The van der Waals surface area contributed by atoms with Gasteiger partial charge in [-0.15, -0.1) is 0 Å². The van der Waals surface area contributed by atoms with Gasteiger partial charge in [0.15, 0.2) is 0 Å². The van der Waals surface area contributed by atoms with E-state index in [1.165, 1.54) is 64.3 Å². The lowest BCUT2D eigenvalue weighted by Crippen LogP contribution is -2.47. The second kappa shape index (κ2) is 9.27. The lowest BCUT2D eigenvalue weighted by atomic mass is 9.78. The van der Waals surface area contributed by atoms with Crippen LogP contribution in [0.15, 0.2) is 0 Å². The van der Waals surface area contributed by atoms with Gasteiger partial charge in [0.25, 0.3) is 0 Å². The Hall–Kier alpha value is -0.0800. The molecule has 0 amide bonds. The fourth-order valence-corrected chi connectivity index (χ4v) is 3.99. The lowest BCUT2D eigenvalue weighted by molar-refractivity contribution is 0.198. The summed E-state index contributed by atoms with van der Waals surface area (Å²) in [5, 5.41) is 7.63. The maximum absolute atomic E-state index is 3.82. The highest BCUT2D eigenvalue weighted by Crippen LogP contribution is 2.31. The molecule has 0 aliphatic heterocycles. The first kappa shape index (κ1) is 20.0. The maximum Gasteiger partial charge on any atom is 0.0127 e. The molecule has 2 heteroatoms. The van der Waals surface area contributed by atoms with E-state index in [4.69, 9.17) is 0 Å². The van der Waals surface area contributed by atoms with Crippen molar-refractivity contribution in [3.8, 4) is 0 Å². The molecule has 2 atom stereocenters. The predicted molar refractivity (Wildman–Crippen MR) is 99.5 cm³/mol. The average Bonchev–Trinajstić information content (AvgIpc) is 2.36. The van der Waals surface area contributed by atoms with Crippen LogP contribution in [0.4, 0.5) is 0 Å². The molecule has 22 heavy (non-hydrogen) atoms. The topological polar surface area (TPSA) is 24.1 Å². The molecule has 1 fully saturated rings. The van der Waals surface area contributed by atoms with Gasteiger partial charge in [-0.2, -0.15) is 0 Å². The third-order valence-electron chi connectivity index (χ3n) is 4.85. The van der Waals surface area contributed by atoms with Crippen molar-refractivity contribution >= 4 is 0 Å². The lowest BCUT2D eigenvalue weighted by Gasteiger charge is -2.38. The Kier molecular flexibility index (Phi) is 8.42. The SMILES string of the molecule is CCCCCCNC(C)(C)CC1CCCC(NC(C)(C)C)C1. The van der Waals surface area contributed by atoms with Crippen molar-refractivity contribution in [1.29, 1.82) is 0 Å². The molecule has 2 nitrogen and oxygen atoms in total. The Morgan fingerprint density at radius 1 is 0.955 bits per heavy atom. The molecule has 0 bridgehead atoms. The number of nitrogens with one attached hydrogen (secondary N) is 2. The largest absolute Gasteiger partial charge is 0.312 e. The Balaban J connectivity index is 2.31. The van der Waals surface area contributed by atoms with Gasteiger partial charge in [-0.25, -0.2) is 0 Å². The van der Waals surface area contributed by atoms with E-state index in [0.29, 0.717) is 5.54 Å². The Morgan fingerprint density at radius 2 is 1.68 bits per heavy atom. The Morgan fingerprint density at radius 3 is 2.32 bits per heavy atom. The van der Waals surface area contributed by atoms with Crippen LogP contribution in [-0.2, 0) is 0 Å². The zero-order chi connectivity index (χ0) is 16.6. The van der Waals surface area contributed by atoms with Crippen LogP contribution in [0.1, 0.15) is 99.3 Å². The van der Waals surface area contributed by atoms with Crippen LogP contribution in [0, 0.1) is 5.92 Å². The van der Waals surface area contributed by atoms with Crippen LogP contribution in [-0.4, -0.2) is 23.7 Å². The van der Waals surface area contributed by atoms with Gasteiger partial charge in [0.05, 0.1) is 0 Å². The molecular weight excluding hydrogens is 268 g/mol. The number of hydrogen-bond donors (Lipinski definition) is 2. The van der Waals surface area contributed by atoms with Crippen LogP contribution < -0.4 is 10.6 Å². The van der Waals surface area contributed by atoms with Gasteiger partial charge in [-0.1, -0.05) is 39.0 Å². The fourth-order valence-electron chi connectivity index (χ4n) is 3.99. The minimum absolute atomic E-state index is 0.250. The first-order chi connectivity index (χ1) is 10.2. The van der Waals surface area contributed by atoms with E-state index in [0.717, 1.165) is 12.0 Å². The van der Waals surface area contributed by atoms with Crippen LogP contribution in [0.5, 0.6) is 0 Å². The first-order valence-corrected chi connectivity index (χ1v) is 9.74. The summed E-state index contributed by atoms with van der Waals surface area (Å²) < 4.78 is 0. The van der Waals surface area contributed by atoms with Crippen molar-refractivity contribution < 1.29 is 0 Å². The van der Waals surface area contributed by atoms with E-state index in [1.54, 1.807) is 0 Å². The number of unbranched alkanes of at least 4 members (excludes halogenated alkanes) is 3. The van der Waals surface area contributed by atoms with Gasteiger partial charge < -0.3 is 10.6 Å². The van der Waals surface area contributed by atoms with Gasteiger partial charge in [-0.05, 0) is 72.8 Å². The highest BCUT2D eigenvalue weighted by Gasteiger charge is 2.29. The molecule has 1 saturated carbocycles. The molecule has 132 valence electrons. The summed E-state index contributed by atoms with van der Waals surface area (Å²) in [4.78, 5) is 0. The zero-order valence-corrected chi connectivity index (χ0v) is 16.2. The van der Waals surface area contributed by atoms with Crippen molar-refractivity contribution in [2.24, 2.45) is 5.92 Å². The minimum atomic E-state index is 0.250. The van der Waals surface area contributed by atoms with Crippen LogP contribution in [0.25, 0.3) is 0 Å². The quantitative estimate of drug-likeness (QED) is 0.567. The summed E-state index contributed by atoms with van der Waals surface area (Å²) in [6, 6.07) is 0.721. The van der Waals surface area contributed by atoms with E-state index in [1.807, 2.05) is 0 Å². The highest BCUT2D eigenvalue weighted by atomic mass is 15.0. The van der Waals surface area contributed by atoms with E-state index < -0.39 is 0 Å². The van der Waals surface area contributed by atoms with Gasteiger partial charge >= 0.3 is 0 Å². The maximum atomic E-state index is 3.82. The summed E-state index contributed by atoms with van der Waals surface area (Å²) in [5.41, 5.74) is 0.542. The molecule has 0 aromatic rings. The normalized spacial score (nSPS) is 23.7. The molecule has 0 aromatic carbocycles. The summed E-state index contributed by atoms with van der Waals surface area (Å²) in [7, 11) is 0. The highest BCUT2D eigenvalue weighted by molar-refractivity contribution is 4.88. The van der Waals surface area contributed by atoms with Gasteiger partial charge in [0.1, 0.15) is 0 Å². The third kappa shape index (κ3) is 9.15. The van der Waals surface area contributed by atoms with E-state index >= 15 is 0 Å². The predicted octanol–water partition coefficient (Wildman–Crippen LogP) is 5.27. The van der Waals surface area contributed by atoms with E-state index in [2.05, 4.69) is 52.2 Å². The van der Waals surface area contributed by atoms with Gasteiger partial charge in [-0.3, -0.25) is 0 Å². The molecule has 0 radical (unpaired) electrons. The molecule has 2 N–H and O–H groups in total. The number of hydrogen-bond acceptors (Lipinski definition) is 2. The summed E-state index contributed by atoms with van der Waals surface area (Å²) in [6.07, 6.45) is 12.3. The number of rotatable bonds is 9. The molecular formula is C20H42N2. The van der Waals surface area contributed by atoms with Crippen LogP contribution >= 0.6 is 0 Å². The molecule has 0 saturated heterocycles. The molecule has 0 spiro atoms. The van der Waals surface area contributed by atoms with Crippen LogP contribution in [0.3, 0.4) is 0 Å². The second-order valence-electron chi connectivity index (χ2n) is 9.20. The third-order valence-corrected chi connectivity index (χ3v) is 4.85.